The molecule has 0 aliphatic carbocycles. The van der Waals surface area contributed by atoms with E-state index in [1.807, 2.05) is 0 Å². The summed E-state index contributed by atoms with van der Waals surface area (Å²) in [4.78, 5) is 0.223. The monoisotopic (exact) mass is 356 g/mol. The maximum absolute atomic E-state index is 13.0. The molecule has 0 saturated heterocycles. The second-order valence-electron chi connectivity index (χ2n) is 5.66. The smallest absolute Gasteiger partial charge is 0.292 e. The van der Waals surface area contributed by atoms with Gasteiger partial charge in [-0.05, 0) is 74.2 Å². The Morgan fingerprint density at radius 3 is 1.24 bits per heavy atom. The van der Waals surface area contributed by atoms with Crippen molar-refractivity contribution in [1.29, 1.82) is 10.5 Å². The van der Waals surface area contributed by atoms with Gasteiger partial charge in [-0.3, -0.25) is 0 Å². The lowest BCUT2D eigenvalue weighted by Gasteiger charge is -2.13. The van der Waals surface area contributed by atoms with Crippen molar-refractivity contribution in [2.45, 2.75) is 37.5 Å². The van der Waals surface area contributed by atoms with Crippen molar-refractivity contribution in [3.63, 3.8) is 0 Å². The molecule has 0 unspecified atom stereocenters. The second-order valence-corrected chi connectivity index (χ2v) is 7.61. The van der Waals surface area contributed by atoms with Crippen LogP contribution in [0.3, 0.4) is 0 Å². The number of hydrogen-bond acceptors (Lipinski definition) is 6. The van der Waals surface area contributed by atoms with Crippen LogP contribution in [0.25, 0.3) is 0 Å². The lowest BCUT2D eigenvalue weighted by molar-refractivity contribution is 0.498. The molecule has 0 spiro atoms. The second kappa shape index (κ2) is 6.84. The zero-order valence-corrected chi connectivity index (χ0v) is 15.1. The molecule has 0 atom stereocenters. The molecular formula is C18H16N2O4S. The maximum atomic E-state index is 13.0. The van der Waals surface area contributed by atoms with Crippen LogP contribution in [0.2, 0.25) is 0 Å². The van der Waals surface area contributed by atoms with E-state index in [9.17, 15) is 8.42 Å². The van der Waals surface area contributed by atoms with Crippen LogP contribution in [0.4, 0.5) is 0 Å². The highest BCUT2D eigenvalue weighted by atomic mass is 32.2. The van der Waals surface area contributed by atoms with Gasteiger partial charge in [0.15, 0.2) is 0 Å². The molecular weight excluding hydrogens is 340 g/mol. The molecule has 0 heterocycles. The number of benzene rings is 2. The summed E-state index contributed by atoms with van der Waals surface area (Å²) in [6, 6.07) is 5.89. The van der Waals surface area contributed by atoms with Crippen molar-refractivity contribution < 1.29 is 17.9 Å². The van der Waals surface area contributed by atoms with Gasteiger partial charge in [-0.2, -0.15) is 0 Å². The number of sulfone groups is 1. The minimum Gasteiger partial charge on any atom is -0.387 e. The molecule has 0 saturated carbocycles. The Morgan fingerprint density at radius 2 is 1.00 bits per heavy atom. The van der Waals surface area contributed by atoms with Gasteiger partial charge in [0.1, 0.15) is 11.5 Å². The van der Waals surface area contributed by atoms with Crippen LogP contribution in [-0.4, -0.2) is 8.42 Å². The summed E-state index contributed by atoms with van der Waals surface area (Å²) in [5, 5.41) is 17.4. The Labute approximate surface area is 146 Å². The lowest BCUT2D eigenvalue weighted by Crippen LogP contribution is -2.05. The predicted octanol–water partition coefficient (Wildman–Crippen LogP) is 3.47. The van der Waals surface area contributed by atoms with Gasteiger partial charge in [-0.1, -0.05) is 0 Å². The first-order valence-corrected chi connectivity index (χ1v) is 8.80. The highest BCUT2D eigenvalue weighted by molar-refractivity contribution is 7.91. The Morgan fingerprint density at radius 1 is 0.720 bits per heavy atom. The molecule has 0 aliphatic rings. The summed E-state index contributed by atoms with van der Waals surface area (Å²) in [5.41, 5.74) is 2.21. The van der Waals surface area contributed by atoms with Crippen molar-refractivity contribution in [2.75, 3.05) is 0 Å². The van der Waals surface area contributed by atoms with Crippen LogP contribution in [0.1, 0.15) is 22.3 Å². The van der Waals surface area contributed by atoms with Crippen LogP contribution in [0.15, 0.2) is 34.1 Å². The maximum Gasteiger partial charge on any atom is 0.292 e. The minimum atomic E-state index is -3.77. The Hall–Kier alpha value is -3.03. The van der Waals surface area contributed by atoms with Gasteiger partial charge < -0.3 is 9.47 Å². The fraction of sp³-hybridized carbons (Fsp3) is 0.222. The van der Waals surface area contributed by atoms with Crippen LogP contribution in [-0.2, 0) is 9.84 Å². The molecule has 0 bridgehead atoms. The van der Waals surface area contributed by atoms with Crippen molar-refractivity contribution in [2.24, 2.45) is 0 Å². The highest BCUT2D eigenvalue weighted by Gasteiger charge is 2.22. The number of nitrogens with zero attached hydrogens (tertiary/aromatic N) is 2. The van der Waals surface area contributed by atoms with E-state index in [1.54, 1.807) is 40.2 Å². The predicted molar refractivity (Wildman–Crippen MR) is 89.8 cm³/mol. The molecule has 2 rings (SSSR count). The number of hydrogen-bond donors (Lipinski definition) is 0. The van der Waals surface area contributed by atoms with E-state index in [1.165, 1.54) is 24.3 Å². The molecule has 7 heteroatoms. The number of nitriles is 2. The number of aryl methyl sites for hydroxylation is 4. The molecule has 0 fully saturated rings. The summed E-state index contributed by atoms with van der Waals surface area (Å²) in [7, 11) is -3.77. The number of ether oxygens (including phenoxy) is 2. The largest absolute Gasteiger partial charge is 0.387 e. The molecule has 6 nitrogen and oxygen atoms in total. The van der Waals surface area contributed by atoms with Crippen LogP contribution < -0.4 is 9.47 Å². The third kappa shape index (κ3) is 3.42. The van der Waals surface area contributed by atoms with E-state index < -0.39 is 9.84 Å². The van der Waals surface area contributed by atoms with Crippen molar-refractivity contribution >= 4 is 9.84 Å². The first-order chi connectivity index (χ1) is 11.7. The topological polar surface area (TPSA) is 100 Å². The Balaban J connectivity index is 2.61. The average molecular weight is 356 g/mol. The van der Waals surface area contributed by atoms with Crippen LogP contribution in [0.5, 0.6) is 11.5 Å². The molecule has 2 aromatic carbocycles. The van der Waals surface area contributed by atoms with Crippen molar-refractivity contribution in [1.82, 2.24) is 0 Å². The van der Waals surface area contributed by atoms with E-state index in [2.05, 4.69) is 0 Å². The third-order valence-electron chi connectivity index (χ3n) is 3.78. The molecule has 2 aromatic rings. The van der Waals surface area contributed by atoms with Gasteiger partial charge in [0, 0.05) is 0 Å². The fourth-order valence-electron chi connectivity index (χ4n) is 2.68. The van der Waals surface area contributed by atoms with Gasteiger partial charge in [0.05, 0.1) is 9.79 Å². The third-order valence-corrected chi connectivity index (χ3v) is 5.50. The molecule has 25 heavy (non-hydrogen) atoms. The molecule has 0 aromatic heterocycles. The molecule has 128 valence electrons. The van der Waals surface area contributed by atoms with Gasteiger partial charge >= 0.3 is 0 Å². The minimum absolute atomic E-state index is 0.112. The highest BCUT2D eigenvalue weighted by Crippen LogP contribution is 2.33. The summed E-state index contributed by atoms with van der Waals surface area (Å²) in [5.74, 6) is 0.707. The Kier molecular flexibility index (Phi) is 5.01. The SMILES string of the molecule is Cc1cc(S(=O)(=O)c2cc(C)c(OC#N)c(C)c2)cc(C)c1OC#N. The quantitative estimate of drug-likeness (QED) is 0.778. The zero-order chi connectivity index (χ0) is 18.8. The zero-order valence-electron chi connectivity index (χ0n) is 14.2. The van der Waals surface area contributed by atoms with Crippen molar-refractivity contribution in [3.8, 4) is 24.0 Å². The first-order valence-electron chi connectivity index (χ1n) is 7.31. The van der Waals surface area contributed by atoms with Gasteiger partial charge in [-0.25, -0.2) is 8.42 Å². The molecule has 0 aliphatic heterocycles. The van der Waals surface area contributed by atoms with E-state index in [0.29, 0.717) is 33.8 Å². The van der Waals surface area contributed by atoms with Crippen molar-refractivity contribution in [3.05, 3.63) is 46.5 Å². The number of rotatable bonds is 4. The molecule has 0 radical (unpaired) electrons. The Bertz CT molecular complexity index is 905. The average Bonchev–Trinajstić information content (AvgIpc) is 2.53. The fourth-order valence-corrected chi connectivity index (χ4v) is 4.28. The standard InChI is InChI=1S/C18H16N2O4S/c1-11-5-15(6-12(2)17(11)23-9-19)25(21,22)16-7-13(3)18(24-10-20)14(4)8-16/h5-8H,1-4H3. The van der Waals surface area contributed by atoms with E-state index >= 15 is 0 Å². The molecule has 0 amide bonds. The molecule has 0 N–H and O–H groups in total. The van der Waals surface area contributed by atoms with E-state index in [0.717, 1.165) is 0 Å². The normalized spacial score (nSPS) is 10.6. The lowest BCUT2D eigenvalue weighted by atomic mass is 10.1. The van der Waals surface area contributed by atoms with Crippen LogP contribution in [0, 0.1) is 50.7 Å². The van der Waals surface area contributed by atoms with E-state index in [-0.39, 0.29) is 9.79 Å². The van der Waals surface area contributed by atoms with E-state index in [4.69, 9.17) is 20.0 Å². The van der Waals surface area contributed by atoms with Crippen LogP contribution >= 0.6 is 0 Å². The summed E-state index contributed by atoms with van der Waals surface area (Å²) in [6.07, 6.45) is 3.20. The van der Waals surface area contributed by atoms with Gasteiger partial charge in [0.2, 0.25) is 9.84 Å². The summed E-state index contributed by atoms with van der Waals surface area (Å²) < 4.78 is 35.7. The van der Waals surface area contributed by atoms with Gasteiger partial charge in [-0.15, -0.1) is 10.5 Å². The summed E-state index contributed by atoms with van der Waals surface area (Å²) in [6.45, 7) is 6.72. The first kappa shape index (κ1) is 18.3. The summed E-state index contributed by atoms with van der Waals surface area (Å²) >= 11 is 0. The van der Waals surface area contributed by atoms with Gasteiger partial charge in [0.25, 0.3) is 12.5 Å².